The second-order valence-electron chi connectivity index (χ2n) is 14.0. The Bertz CT molecular complexity index is 1660. The Labute approximate surface area is 325 Å². The first-order chi connectivity index (χ1) is 26.9. The third-order valence-electron chi connectivity index (χ3n) is 10.6. The molecule has 17 heteroatoms. The maximum Gasteiger partial charge on any atom is 0.410 e. The zero-order valence-corrected chi connectivity index (χ0v) is 32.3. The summed E-state index contributed by atoms with van der Waals surface area (Å²) in [6.07, 6.45) is -1.92. The van der Waals surface area contributed by atoms with Gasteiger partial charge in [0.05, 0.1) is 53.6 Å². The summed E-state index contributed by atoms with van der Waals surface area (Å²) < 4.78 is 26.4. The summed E-state index contributed by atoms with van der Waals surface area (Å²) >= 11 is 0. The van der Waals surface area contributed by atoms with Gasteiger partial charge in [0, 0.05) is 65.2 Å². The van der Waals surface area contributed by atoms with Crippen molar-refractivity contribution in [3.05, 3.63) is 59.7 Å². The lowest BCUT2D eigenvalue weighted by molar-refractivity contribution is -0.151. The molecule has 2 aromatic rings. The second kappa shape index (κ2) is 19.7. The fraction of sp³-hybridized carbons (Fsp3) is 0.538. The fourth-order valence-corrected chi connectivity index (χ4v) is 7.77. The number of hydrogen-bond acceptors (Lipinski definition) is 15. The number of amides is 1. The molecule has 1 unspecified atom stereocenters. The first-order valence-electron chi connectivity index (χ1n) is 18.6. The molecule has 1 N–H and O–H groups in total. The van der Waals surface area contributed by atoms with Gasteiger partial charge in [0.25, 0.3) is 0 Å². The number of fused-ring (bicyclic) bond motifs is 3. The minimum absolute atomic E-state index is 0.0150. The van der Waals surface area contributed by atoms with Gasteiger partial charge in [-0.15, -0.1) is 0 Å². The Morgan fingerprint density at radius 3 is 1.50 bits per heavy atom. The molecule has 2 heterocycles. The van der Waals surface area contributed by atoms with Gasteiger partial charge >= 0.3 is 35.9 Å². The molecule has 0 bridgehead atoms. The summed E-state index contributed by atoms with van der Waals surface area (Å²) in [6.45, 7) is 2.91. The molecule has 0 aromatic heterocycles. The molecule has 0 spiro atoms. The van der Waals surface area contributed by atoms with Crippen molar-refractivity contribution < 1.29 is 57.6 Å². The van der Waals surface area contributed by atoms with Crippen molar-refractivity contribution in [2.45, 2.75) is 31.0 Å². The van der Waals surface area contributed by atoms with Crippen LogP contribution in [0.5, 0.6) is 0 Å². The number of carboxylic acids is 1. The molecule has 0 radical (unpaired) electrons. The van der Waals surface area contributed by atoms with Gasteiger partial charge in [-0.3, -0.25) is 43.7 Å². The van der Waals surface area contributed by atoms with Crippen molar-refractivity contribution in [1.82, 2.24) is 24.5 Å². The van der Waals surface area contributed by atoms with Gasteiger partial charge < -0.3 is 28.8 Å². The topological polar surface area (TPSA) is 185 Å². The van der Waals surface area contributed by atoms with Crippen LogP contribution in [-0.4, -0.2) is 190 Å². The maximum absolute atomic E-state index is 14.0. The molecule has 17 nitrogen and oxygen atoms in total. The van der Waals surface area contributed by atoms with Crippen LogP contribution in [0.1, 0.15) is 24.0 Å². The van der Waals surface area contributed by atoms with Crippen molar-refractivity contribution in [3.8, 4) is 11.1 Å². The third kappa shape index (κ3) is 10.4. The number of nitrogens with zero attached hydrogens (tertiary/aromatic N) is 5. The van der Waals surface area contributed by atoms with E-state index < -0.39 is 54.1 Å². The Morgan fingerprint density at radius 1 is 0.661 bits per heavy atom. The smallest absolute Gasteiger partial charge is 0.410 e. The predicted octanol–water partition coefficient (Wildman–Crippen LogP) is 0.745. The molecule has 2 aromatic carbocycles. The summed E-state index contributed by atoms with van der Waals surface area (Å²) in [4.78, 5) is 85.3. The molecule has 3 aliphatic rings. The number of rotatable bonds is 11. The van der Waals surface area contributed by atoms with Crippen molar-refractivity contribution in [1.29, 1.82) is 0 Å². The van der Waals surface area contributed by atoms with Gasteiger partial charge in [0.15, 0.2) is 6.04 Å². The van der Waals surface area contributed by atoms with Crippen LogP contribution in [0, 0.1) is 0 Å². The largest absolute Gasteiger partial charge is 0.480 e. The minimum Gasteiger partial charge on any atom is -0.480 e. The van der Waals surface area contributed by atoms with E-state index >= 15 is 0 Å². The van der Waals surface area contributed by atoms with Crippen LogP contribution in [0.2, 0.25) is 0 Å². The molecule has 2 saturated heterocycles. The van der Waals surface area contributed by atoms with Gasteiger partial charge in [-0.1, -0.05) is 48.5 Å². The van der Waals surface area contributed by atoms with Crippen LogP contribution < -0.4 is 0 Å². The van der Waals surface area contributed by atoms with E-state index in [0.717, 1.165) is 27.2 Å². The zero-order chi connectivity index (χ0) is 40.4. The third-order valence-corrected chi connectivity index (χ3v) is 10.6. The predicted molar refractivity (Wildman–Crippen MR) is 199 cm³/mol. The highest BCUT2D eigenvalue weighted by molar-refractivity contribution is 5.83. The summed E-state index contributed by atoms with van der Waals surface area (Å²) in [5.74, 6) is -3.66. The highest BCUT2D eigenvalue weighted by atomic mass is 16.6. The highest BCUT2D eigenvalue weighted by Crippen LogP contribution is 2.44. The summed E-state index contributed by atoms with van der Waals surface area (Å²) in [5.41, 5.74) is 4.07. The molecule has 2 aliphatic heterocycles. The van der Waals surface area contributed by atoms with E-state index in [1.807, 2.05) is 68.1 Å². The number of carboxylic acid groups (broad SMARTS) is 1. The summed E-state index contributed by atoms with van der Waals surface area (Å²) in [6, 6.07) is 13.2. The number of aliphatic carboxylic acids is 1. The van der Waals surface area contributed by atoms with E-state index in [2.05, 4.69) is 0 Å². The van der Waals surface area contributed by atoms with E-state index in [1.165, 1.54) is 28.3 Å². The van der Waals surface area contributed by atoms with Crippen molar-refractivity contribution in [2.24, 2.45) is 0 Å². The SMILES string of the molecule is COC(=O)CN1CCN(CC(=O)OC)CCN(C2[C@@H](OC(C)=O)CN(C(=O)OCC3c4ccccc4-c4ccccc43)[C@@H]2C(=O)O)CCN(CC(=O)OC)CC1. The van der Waals surface area contributed by atoms with Gasteiger partial charge in [-0.25, -0.2) is 9.59 Å². The van der Waals surface area contributed by atoms with E-state index in [9.17, 15) is 33.9 Å². The quantitative estimate of drug-likeness (QED) is 0.249. The zero-order valence-electron chi connectivity index (χ0n) is 32.3. The van der Waals surface area contributed by atoms with E-state index in [-0.39, 0.29) is 64.9 Å². The molecular formula is C39H51N5O12. The maximum atomic E-state index is 14.0. The molecule has 1 aliphatic carbocycles. The van der Waals surface area contributed by atoms with Gasteiger partial charge in [0.1, 0.15) is 12.7 Å². The minimum atomic E-state index is -1.48. The number of carbonyl (C=O) groups excluding carboxylic acids is 5. The van der Waals surface area contributed by atoms with Crippen LogP contribution in [0.25, 0.3) is 11.1 Å². The molecule has 3 atom stereocenters. The van der Waals surface area contributed by atoms with Crippen LogP contribution in [-0.2, 0) is 47.7 Å². The average molecular weight is 782 g/mol. The van der Waals surface area contributed by atoms with Crippen molar-refractivity contribution in [3.63, 3.8) is 0 Å². The van der Waals surface area contributed by atoms with E-state index in [0.29, 0.717) is 26.2 Å². The van der Waals surface area contributed by atoms with Gasteiger partial charge in [-0.2, -0.15) is 0 Å². The molecular weight excluding hydrogens is 730 g/mol. The van der Waals surface area contributed by atoms with Gasteiger partial charge in [-0.05, 0) is 22.3 Å². The van der Waals surface area contributed by atoms with Crippen molar-refractivity contribution >= 4 is 35.9 Å². The first kappa shape index (κ1) is 42.1. The fourth-order valence-electron chi connectivity index (χ4n) is 7.77. The van der Waals surface area contributed by atoms with Crippen LogP contribution in [0.4, 0.5) is 4.79 Å². The molecule has 2 fully saturated rings. The van der Waals surface area contributed by atoms with Gasteiger partial charge in [0.2, 0.25) is 0 Å². The number of carbonyl (C=O) groups is 6. The average Bonchev–Trinajstić information content (AvgIpc) is 3.72. The summed E-state index contributed by atoms with van der Waals surface area (Å²) in [7, 11) is 3.86. The van der Waals surface area contributed by atoms with E-state index in [4.69, 9.17) is 23.7 Å². The first-order valence-corrected chi connectivity index (χ1v) is 18.6. The lowest BCUT2D eigenvalue weighted by Crippen LogP contribution is -2.57. The van der Waals surface area contributed by atoms with Crippen LogP contribution in [0.3, 0.4) is 0 Å². The Morgan fingerprint density at radius 2 is 1.09 bits per heavy atom. The number of likely N-dealkylation sites (tertiary alicyclic amines) is 1. The normalized spacial score (nSPS) is 21.5. The number of methoxy groups -OCH3 is 3. The number of hydrogen-bond donors (Lipinski definition) is 1. The Kier molecular flexibility index (Phi) is 14.8. The molecule has 304 valence electrons. The number of esters is 4. The Balaban J connectivity index is 1.42. The number of benzene rings is 2. The van der Waals surface area contributed by atoms with E-state index in [1.54, 1.807) is 0 Å². The summed E-state index contributed by atoms with van der Waals surface area (Å²) in [5, 5.41) is 10.8. The number of ether oxygens (including phenoxy) is 5. The van der Waals surface area contributed by atoms with Crippen LogP contribution >= 0.6 is 0 Å². The molecule has 56 heavy (non-hydrogen) atoms. The molecule has 1 amide bonds. The van der Waals surface area contributed by atoms with Crippen molar-refractivity contribution in [2.75, 3.05) is 106 Å². The molecule has 0 saturated carbocycles. The monoisotopic (exact) mass is 781 g/mol. The lowest BCUT2D eigenvalue weighted by Gasteiger charge is -2.38. The lowest BCUT2D eigenvalue weighted by atomic mass is 9.98. The highest BCUT2D eigenvalue weighted by Gasteiger charge is 2.53. The van der Waals surface area contributed by atoms with Crippen LogP contribution in [0.15, 0.2) is 48.5 Å². The molecule has 5 rings (SSSR count). The standard InChI is InChI=1S/C39H51N5O12/c1-26(45)56-32-21-44(39(51)55-25-31-29-11-7-5-9-27(29)28-10-6-8-12-30(28)31)37(38(49)50)36(32)43-19-17-41(23-34(47)53-3)15-13-40(22-33(46)52-2)14-16-42(18-20-43)24-35(48)54-4/h5-12,31-32,36-37H,13-25H2,1-4H3,(H,49,50)/t32-,36?,37-/m0/s1. The Hall–Kier alpha value is -5.10. The second-order valence-corrected chi connectivity index (χ2v) is 14.0.